The Hall–Kier alpha value is -1.98. The fraction of sp³-hybridized carbons (Fsp3) is 0.500. The summed E-state index contributed by atoms with van der Waals surface area (Å²) in [7, 11) is 0. The van der Waals surface area contributed by atoms with Crippen molar-refractivity contribution in [1.29, 1.82) is 0 Å². The Morgan fingerprint density at radius 1 is 1.40 bits per heavy atom. The number of piperidine rings is 1. The summed E-state index contributed by atoms with van der Waals surface area (Å²) < 4.78 is 0. The summed E-state index contributed by atoms with van der Waals surface area (Å²) in [4.78, 5) is 20.9. The molecule has 5 nitrogen and oxygen atoms in total. The first kappa shape index (κ1) is 17.8. The lowest BCUT2D eigenvalue weighted by Crippen LogP contribution is -2.49. The van der Waals surface area contributed by atoms with Crippen LogP contribution in [-0.4, -0.2) is 38.2 Å². The molecule has 1 saturated heterocycles. The molecule has 0 amide bonds. The molecule has 0 bridgehead atoms. The summed E-state index contributed by atoms with van der Waals surface area (Å²) in [6.07, 6.45) is 6.30. The third-order valence-corrected chi connectivity index (χ3v) is 5.42. The summed E-state index contributed by atoms with van der Waals surface area (Å²) in [5.41, 5.74) is 2.38. The number of likely N-dealkylation sites (tertiary alicyclic amines) is 1. The third kappa shape index (κ3) is 4.35. The Bertz CT molecular complexity index is 773. The number of hydrogen-bond donors (Lipinski definition) is 2. The Labute approximate surface area is 148 Å². The lowest BCUT2D eigenvalue weighted by molar-refractivity contribution is -0.0509. The molecule has 1 aliphatic rings. The maximum Gasteiger partial charge on any atom is 0.270 e. The zero-order valence-corrected chi connectivity index (χ0v) is 15.0. The third-order valence-electron chi connectivity index (χ3n) is 5.42. The number of H-pyrrole nitrogens is 1. The highest BCUT2D eigenvalue weighted by Crippen LogP contribution is 2.31. The molecule has 2 aromatic rings. The van der Waals surface area contributed by atoms with E-state index in [-0.39, 0.29) is 11.6 Å². The van der Waals surface area contributed by atoms with Gasteiger partial charge in [0.2, 0.25) is 0 Å². The van der Waals surface area contributed by atoms with E-state index in [4.69, 9.17) is 0 Å². The zero-order chi connectivity index (χ0) is 17.9. The minimum atomic E-state index is -0.630. The highest BCUT2D eigenvalue weighted by atomic mass is 16.3. The smallest absolute Gasteiger partial charge is 0.270 e. The Balaban J connectivity index is 1.59. The largest absolute Gasteiger partial charge is 0.390 e. The van der Waals surface area contributed by atoms with E-state index in [9.17, 15) is 9.90 Å². The van der Waals surface area contributed by atoms with Gasteiger partial charge in [0.25, 0.3) is 5.56 Å². The van der Waals surface area contributed by atoms with Crippen LogP contribution in [0.1, 0.15) is 43.0 Å². The van der Waals surface area contributed by atoms with Crippen molar-refractivity contribution in [3.8, 4) is 0 Å². The monoisotopic (exact) mass is 341 g/mol. The molecule has 5 heteroatoms. The molecule has 0 spiro atoms. The van der Waals surface area contributed by atoms with Crippen LogP contribution in [0.2, 0.25) is 0 Å². The molecule has 2 N–H and O–H groups in total. The molecular weight excluding hydrogens is 314 g/mol. The molecule has 2 atom stereocenters. The second kappa shape index (κ2) is 7.50. The number of hydrogen-bond acceptors (Lipinski definition) is 4. The highest BCUT2D eigenvalue weighted by Gasteiger charge is 2.36. The second-order valence-electron chi connectivity index (χ2n) is 7.29. The summed E-state index contributed by atoms with van der Waals surface area (Å²) in [6.45, 7) is 5.55. The van der Waals surface area contributed by atoms with Gasteiger partial charge >= 0.3 is 0 Å². The number of aliphatic hydroxyl groups is 1. The van der Waals surface area contributed by atoms with Gasteiger partial charge in [0.15, 0.2) is 0 Å². The number of rotatable bonds is 5. The SMILES string of the molecule is Cc1ccccc1CCC1(O)CCN(Cc2ncc[nH]c2=O)[C@@H](C)C1. The first-order valence-corrected chi connectivity index (χ1v) is 9.00. The van der Waals surface area contributed by atoms with E-state index in [1.54, 1.807) is 12.4 Å². The fourth-order valence-corrected chi connectivity index (χ4v) is 3.76. The average Bonchev–Trinajstić information content (AvgIpc) is 2.59. The van der Waals surface area contributed by atoms with Gasteiger partial charge in [-0.05, 0) is 50.7 Å². The average molecular weight is 341 g/mol. The van der Waals surface area contributed by atoms with Gasteiger partial charge in [0.1, 0.15) is 5.69 Å². The minimum Gasteiger partial charge on any atom is -0.390 e. The molecule has 1 aromatic carbocycles. The van der Waals surface area contributed by atoms with Crippen LogP contribution in [0.3, 0.4) is 0 Å². The van der Waals surface area contributed by atoms with E-state index in [0.717, 1.165) is 32.2 Å². The van der Waals surface area contributed by atoms with Crippen molar-refractivity contribution >= 4 is 0 Å². The molecule has 2 heterocycles. The van der Waals surface area contributed by atoms with Crippen LogP contribution >= 0.6 is 0 Å². The molecule has 1 fully saturated rings. The van der Waals surface area contributed by atoms with Gasteiger partial charge in [0, 0.05) is 31.5 Å². The van der Waals surface area contributed by atoms with Crippen LogP contribution < -0.4 is 5.56 Å². The van der Waals surface area contributed by atoms with E-state index >= 15 is 0 Å². The van der Waals surface area contributed by atoms with Crippen molar-refractivity contribution < 1.29 is 5.11 Å². The molecule has 1 aliphatic heterocycles. The number of nitrogens with zero attached hydrogens (tertiary/aromatic N) is 2. The van der Waals surface area contributed by atoms with Gasteiger partial charge in [-0.25, -0.2) is 0 Å². The zero-order valence-electron chi connectivity index (χ0n) is 15.0. The molecular formula is C20H27N3O2. The van der Waals surface area contributed by atoms with Crippen molar-refractivity contribution in [2.24, 2.45) is 0 Å². The van der Waals surface area contributed by atoms with Crippen molar-refractivity contribution in [2.45, 2.75) is 57.7 Å². The van der Waals surface area contributed by atoms with Crippen LogP contribution in [0, 0.1) is 6.92 Å². The minimum absolute atomic E-state index is 0.130. The van der Waals surface area contributed by atoms with Crippen LogP contribution in [0.15, 0.2) is 41.5 Å². The Kier molecular flexibility index (Phi) is 5.35. The first-order valence-electron chi connectivity index (χ1n) is 9.00. The van der Waals surface area contributed by atoms with Crippen molar-refractivity contribution in [1.82, 2.24) is 14.9 Å². The molecule has 0 saturated carbocycles. The molecule has 1 unspecified atom stereocenters. The molecule has 0 aliphatic carbocycles. The Morgan fingerprint density at radius 3 is 2.92 bits per heavy atom. The van der Waals surface area contributed by atoms with Gasteiger partial charge in [-0.2, -0.15) is 0 Å². The van der Waals surface area contributed by atoms with Crippen LogP contribution in [-0.2, 0) is 13.0 Å². The maximum absolute atomic E-state index is 11.8. The summed E-state index contributed by atoms with van der Waals surface area (Å²) >= 11 is 0. The van der Waals surface area contributed by atoms with E-state index in [1.807, 2.05) is 6.07 Å². The van der Waals surface area contributed by atoms with E-state index in [2.05, 4.69) is 46.9 Å². The predicted molar refractivity (Wildman–Crippen MR) is 98.4 cm³/mol. The molecule has 1 aromatic heterocycles. The summed E-state index contributed by atoms with van der Waals surface area (Å²) in [6, 6.07) is 8.59. The van der Waals surface area contributed by atoms with Crippen LogP contribution in [0.4, 0.5) is 0 Å². The van der Waals surface area contributed by atoms with E-state index in [0.29, 0.717) is 12.2 Å². The van der Waals surface area contributed by atoms with Gasteiger partial charge in [-0.1, -0.05) is 24.3 Å². The van der Waals surface area contributed by atoms with E-state index in [1.165, 1.54) is 11.1 Å². The summed E-state index contributed by atoms with van der Waals surface area (Å²) in [5.74, 6) is 0. The van der Waals surface area contributed by atoms with Crippen molar-refractivity contribution in [3.05, 3.63) is 63.8 Å². The van der Waals surface area contributed by atoms with Gasteiger partial charge in [-0.3, -0.25) is 14.7 Å². The number of aryl methyl sites for hydroxylation is 2. The molecule has 3 rings (SSSR count). The lowest BCUT2D eigenvalue weighted by Gasteiger charge is -2.42. The first-order chi connectivity index (χ1) is 12.0. The normalized spacial score (nSPS) is 24.4. The van der Waals surface area contributed by atoms with Gasteiger partial charge < -0.3 is 10.1 Å². The number of aromatic amines is 1. The lowest BCUT2D eigenvalue weighted by atomic mass is 9.82. The topological polar surface area (TPSA) is 69.2 Å². The van der Waals surface area contributed by atoms with E-state index < -0.39 is 5.60 Å². The van der Waals surface area contributed by atoms with Gasteiger partial charge in [-0.15, -0.1) is 0 Å². The predicted octanol–water partition coefficient (Wildman–Crippen LogP) is 2.43. The molecule has 134 valence electrons. The maximum atomic E-state index is 11.8. The number of aromatic nitrogens is 2. The quantitative estimate of drug-likeness (QED) is 0.876. The van der Waals surface area contributed by atoms with Crippen LogP contribution in [0.25, 0.3) is 0 Å². The standard InChI is InChI=1S/C20H27N3O2/c1-15-5-3-4-6-17(15)7-8-20(25)9-12-23(16(2)13-20)14-18-19(24)22-11-10-21-18/h3-6,10-11,16,25H,7-9,12-14H2,1-2H3,(H,22,24)/t16-,20?/m0/s1. The highest BCUT2D eigenvalue weighted by molar-refractivity contribution is 5.25. The van der Waals surface area contributed by atoms with Crippen LogP contribution in [0.5, 0.6) is 0 Å². The fourth-order valence-electron chi connectivity index (χ4n) is 3.76. The van der Waals surface area contributed by atoms with Crippen molar-refractivity contribution in [2.75, 3.05) is 6.54 Å². The molecule has 0 radical (unpaired) electrons. The van der Waals surface area contributed by atoms with Gasteiger partial charge in [0.05, 0.1) is 5.60 Å². The van der Waals surface area contributed by atoms with Crippen molar-refractivity contribution in [3.63, 3.8) is 0 Å². The molecule has 25 heavy (non-hydrogen) atoms. The number of nitrogens with one attached hydrogen (secondary N) is 1. The number of benzene rings is 1. The Morgan fingerprint density at radius 2 is 2.20 bits per heavy atom. The summed E-state index contributed by atoms with van der Waals surface area (Å²) in [5, 5.41) is 11.0. The second-order valence-corrected chi connectivity index (χ2v) is 7.29.